The van der Waals surface area contributed by atoms with Crippen LogP contribution in [0.15, 0.2) is 72.9 Å². The maximum absolute atomic E-state index is 13.0. The molecular weight excluding hydrogens is 398 g/mol. The second-order valence-electron chi connectivity index (χ2n) is 8.04. The summed E-state index contributed by atoms with van der Waals surface area (Å²) in [5.41, 5.74) is 11.7. The summed E-state index contributed by atoms with van der Waals surface area (Å²) in [5.74, 6) is -0.0463. The number of benzene rings is 2. The molecule has 0 atom stereocenters. The summed E-state index contributed by atoms with van der Waals surface area (Å²) < 4.78 is 0. The van der Waals surface area contributed by atoms with Gasteiger partial charge in [0, 0.05) is 54.6 Å². The van der Waals surface area contributed by atoms with Gasteiger partial charge in [-0.2, -0.15) is 0 Å². The number of piperazine rings is 1. The molecule has 0 amide bonds. The lowest BCUT2D eigenvalue weighted by molar-refractivity contribution is 0.0992. The van der Waals surface area contributed by atoms with Crippen molar-refractivity contribution in [1.82, 2.24) is 15.3 Å². The molecule has 1 aliphatic rings. The molecule has 160 valence electrons. The molecule has 6 nitrogen and oxygen atoms in total. The van der Waals surface area contributed by atoms with E-state index in [-0.39, 0.29) is 12.2 Å². The largest absolute Gasteiger partial charge is 0.397 e. The molecule has 0 aliphatic carbocycles. The number of Topliss-reactive ketones (excluding diaryl/α,β-unsaturated/α-hetero) is 1. The number of nitrogens with zero attached hydrogens (tertiary/aromatic N) is 3. The van der Waals surface area contributed by atoms with Gasteiger partial charge in [-0.05, 0) is 30.3 Å². The molecule has 0 radical (unpaired) electrons. The number of carbonyl (C=O) groups excluding carboxylic acids is 1. The highest BCUT2D eigenvalue weighted by Gasteiger charge is 2.15. The Hall–Kier alpha value is -3.77. The summed E-state index contributed by atoms with van der Waals surface area (Å²) in [6.07, 6.45) is 1.79. The molecule has 3 heterocycles. The Morgan fingerprint density at radius 1 is 1.00 bits per heavy atom. The van der Waals surface area contributed by atoms with Crippen LogP contribution in [0, 0.1) is 0 Å². The Labute approximate surface area is 187 Å². The first kappa shape index (κ1) is 20.2. The number of pyridine rings is 2. The number of nitrogens with two attached hydrogens (primary N) is 1. The molecule has 32 heavy (non-hydrogen) atoms. The van der Waals surface area contributed by atoms with Gasteiger partial charge in [0.15, 0.2) is 5.78 Å². The van der Waals surface area contributed by atoms with E-state index < -0.39 is 0 Å². The van der Waals surface area contributed by atoms with E-state index >= 15 is 0 Å². The highest BCUT2D eigenvalue weighted by molar-refractivity contribution is 6.00. The van der Waals surface area contributed by atoms with Crippen LogP contribution in [-0.4, -0.2) is 41.9 Å². The minimum atomic E-state index is -0.0463. The van der Waals surface area contributed by atoms with Crippen molar-refractivity contribution in [2.24, 2.45) is 0 Å². The summed E-state index contributed by atoms with van der Waals surface area (Å²) in [6, 6.07) is 21.7. The molecule has 6 heteroatoms. The van der Waals surface area contributed by atoms with Crippen LogP contribution in [-0.2, 0) is 6.42 Å². The van der Waals surface area contributed by atoms with Gasteiger partial charge in [-0.25, -0.2) is 0 Å². The minimum absolute atomic E-state index is 0.0463. The standard InChI is InChI=1S/C26H25N5O/c27-22-8-9-23(18-4-2-1-3-5-18)30-25(22)16-26(32)20-14-19-6-7-21(15-24(19)29-17-20)31-12-10-28-11-13-31/h1-9,14-15,17,28H,10-13,16,27H2. The van der Waals surface area contributed by atoms with Crippen molar-refractivity contribution in [3.8, 4) is 11.3 Å². The van der Waals surface area contributed by atoms with Crippen LogP contribution in [0.4, 0.5) is 11.4 Å². The Balaban J connectivity index is 1.38. The molecule has 0 bridgehead atoms. The van der Waals surface area contributed by atoms with Crippen LogP contribution < -0.4 is 16.0 Å². The zero-order valence-corrected chi connectivity index (χ0v) is 17.8. The van der Waals surface area contributed by atoms with Gasteiger partial charge >= 0.3 is 0 Å². The van der Waals surface area contributed by atoms with E-state index in [1.165, 1.54) is 5.69 Å². The van der Waals surface area contributed by atoms with E-state index in [1.54, 1.807) is 6.20 Å². The zero-order valence-electron chi connectivity index (χ0n) is 17.8. The van der Waals surface area contributed by atoms with Gasteiger partial charge in [0.1, 0.15) is 0 Å². The van der Waals surface area contributed by atoms with Gasteiger partial charge in [0.2, 0.25) is 0 Å². The smallest absolute Gasteiger partial charge is 0.170 e. The number of nitrogen functional groups attached to an aromatic ring is 1. The van der Waals surface area contributed by atoms with Crippen molar-refractivity contribution in [2.45, 2.75) is 6.42 Å². The molecule has 0 unspecified atom stereocenters. The number of carbonyl (C=O) groups is 1. The molecule has 0 saturated carbocycles. The lowest BCUT2D eigenvalue weighted by Crippen LogP contribution is -2.43. The van der Waals surface area contributed by atoms with Crippen molar-refractivity contribution in [1.29, 1.82) is 0 Å². The highest BCUT2D eigenvalue weighted by atomic mass is 16.1. The van der Waals surface area contributed by atoms with Crippen molar-refractivity contribution in [3.63, 3.8) is 0 Å². The van der Waals surface area contributed by atoms with Gasteiger partial charge in [0.25, 0.3) is 0 Å². The fourth-order valence-corrected chi connectivity index (χ4v) is 4.06. The second kappa shape index (κ2) is 8.77. The molecule has 0 spiro atoms. The fourth-order valence-electron chi connectivity index (χ4n) is 4.06. The normalized spacial score (nSPS) is 13.9. The molecule has 2 aromatic heterocycles. The van der Waals surface area contributed by atoms with Crippen LogP contribution >= 0.6 is 0 Å². The highest BCUT2D eigenvalue weighted by Crippen LogP contribution is 2.24. The van der Waals surface area contributed by atoms with E-state index in [4.69, 9.17) is 5.73 Å². The number of anilines is 2. The second-order valence-corrected chi connectivity index (χ2v) is 8.04. The average molecular weight is 424 g/mol. The Kier molecular flexibility index (Phi) is 5.52. The first-order chi connectivity index (χ1) is 15.7. The van der Waals surface area contributed by atoms with Crippen molar-refractivity contribution < 1.29 is 4.79 Å². The minimum Gasteiger partial charge on any atom is -0.397 e. The number of aromatic nitrogens is 2. The molecule has 1 aliphatic heterocycles. The third-order valence-electron chi connectivity index (χ3n) is 5.88. The van der Waals surface area contributed by atoms with Gasteiger partial charge in [-0.1, -0.05) is 36.4 Å². The molecular formula is C26H25N5O. The molecule has 4 aromatic rings. The summed E-state index contributed by atoms with van der Waals surface area (Å²) in [4.78, 5) is 24.6. The van der Waals surface area contributed by atoms with Crippen LogP contribution in [0.5, 0.6) is 0 Å². The Bertz CT molecular complexity index is 1270. The lowest BCUT2D eigenvalue weighted by Gasteiger charge is -2.29. The first-order valence-electron chi connectivity index (χ1n) is 10.9. The van der Waals surface area contributed by atoms with Gasteiger partial charge in [-0.3, -0.25) is 14.8 Å². The van der Waals surface area contributed by atoms with E-state index in [0.29, 0.717) is 16.9 Å². The first-order valence-corrected chi connectivity index (χ1v) is 10.9. The number of ketones is 1. The predicted molar refractivity (Wildman–Crippen MR) is 129 cm³/mol. The summed E-state index contributed by atoms with van der Waals surface area (Å²) in [5, 5.41) is 4.32. The fraction of sp³-hybridized carbons (Fsp3) is 0.192. The van der Waals surface area contributed by atoms with Crippen LogP contribution in [0.25, 0.3) is 22.2 Å². The van der Waals surface area contributed by atoms with Crippen LogP contribution in [0.2, 0.25) is 0 Å². The number of hydrogen-bond donors (Lipinski definition) is 2. The summed E-state index contributed by atoms with van der Waals surface area (Å²) >= 11 is 0. The van der Waals surface area contributed by atoms with Crippen molar-refractivity contribution >= 4 is 28.1 Å². The third-order valence-corrected chi connectivity index (χ3v) is 5.88. The van der Waals surface area contributed by atoms with Gasteiger partial charge in [0.05, 0.1) is 29.0 Å². The SMILES string of the molecule is Nc1ccc(-c2ccccc2)nc1CC(=O)c1cnc2cc(N3CCNCC3)ccc2c1. The summed E-state index contributed by atoms with van der Waals surface area (Å²) in [6.45, 7) is 3.94. The number of rotatable bonds is 5. The summed E-state index contributed by atoms with van der Waals surface area (Å²) in [7, 11) is 0. The Morgan fingerprint density at radius 3 is 2.62 bits per heavy atom. The zero-order chi connectivity index (χ0) is 21.9. The lowest BCUT2D eigenvalue weighted by atomic mass is 10.0. The Morgan fingerprint density at radius 2 is 1.81 bits per heavy atom. The van der Waals surface area contributed by atoms with Crippen molar-refractivity contribution in [3.05, 3.63) is 84.2 Å². The number of fused-ring (bicyclic) bond motifs is 1. The van der Waals surface area contributed by atoms with Crippen molar-refractivity contribution in [2.75, 3.05) is 36.8 Å². The van der Waals surface area contributed by atoms with Gasteiger partial charge < -0.3 is 16.0 Å². The van der Waals surface area contributed by atoms with E-state index in [9.17, 15) is 4.79 Å². The van der Waals surface area contributed by atoms with E-state index in [2.05, 4.69) is 32.3 Å². The topological polar surface area (TPSA) is 84.1 Å². The van der Waals surface area contributed by atoms with Crippen LogP contribution in [0.1, 0.15) is 16.1 Å². The van der Waals surface area contributed by atoms with Gasteiger partial charge in [-0.15, -0.1) is 0 Å². The third kappa shape index (κ3) is 4.18. The molecule has 2 aromatic carbocycles. The number of hydrogen-bond acceptors (Lipinski definition) is 6. The maximum Gasteiger partial charge on any atom is 0.170 e. The molecule has 5 rings (SSSR count). The predicted octanol–water partition coefficient (Wildman–Crippen LogP) is 3.71. The molecule has 1 fully saturated rings. The maximum atomic E-state index is 13.0. The quantitative estimate of drug-likeness (QED) is 0.476. The molecule has 3 N–H and O–H groups in total. The monoisotopic (exact) mass is 423 g/mol. The van der Waals surface area contributed by atoms with Crippen LogP contribution in [0.3, 0.4) is 0 Å². The molecule has 1 saturated heterocycles. The van der Waals surface area contributed by atoms with E-state index in [0.717, 1.165) is 48.3 Å². The van der Waals surface area contributed by atoms with E-state index in [1.807, 2.05) is 54.6 Å². The average Bonchev–Trinajstić information content (AvgIpc) is 2.85. The number of nitrogens with one attached hydrogen (secondary N) is 1.